The third-order valence-electron chi connectivity index (χ3n) is 7.00. The SMILES string of the molecule is CCCCCCCCCCCCC(C)C(C)CCCCCCCCCCCC.O=CO.O=CO.O=CO.O=CO. The maximum atomic E-state index is 8.36. The van der Waals surface area contributed by atoms with Crippen molar-refractivity contribution in [3.05, 3.63) is 0 Å². The summed E-state index contributed by atoms with van der Waals surface area (Å²) < 4.78 is 0. The highest BCUT2D eigenvalue weighted by atomic mass is 16.4. The van der Waals surface area contributed by atoms with Gasteiger partial charge in [-0.15, -0.1) is 0 Å². The van der Waals surface area contributed by atoms with Gasteiger partial charge in [0.2, 0.25) is 0 Å². The summed E-state index contributed by atoms with van der Waals surface area (Å²) >= 11 is 0. The number of hydrogen-bond donors (Lipinski definition) is 4. The predicted octanol–water partition coefficient (Wildman–Crippen LogP) is 9.68. The first-order valence-corrected chi connectivity index (χ1v) is 15.7. The van der Waals surface area contributed by atoms with Gasteiger partial charge in [0.15, 0.2) is 0 Å². The molecule has 4 N–H and O–H groups in total. The van der Waals surface area contributed by atoms with E-state index in [-0.39, 0.29) is 25.9 Å². The molecule has 2 atom stereocenters. The Morgan fingerprint density at radius 2 is 0.525 bits per heavy atom. The molecule has 8 nitrogen and oxygen atoms in total. The van der Waals surface area contributed by atoms with Gasteiger partial charge in [-0.2, -0.15) is 0 Å². The van der Waals surface area contributed by atoms with Crippen LogP contribution in [0.4, 0.5) is 0 Å². The summed E-state index contributed by atoms with van der Waals surface area (Å²) in [5.41, 5.74) is 0. The van der Waals surface area contributed by atoms with E-state index in [1.165, 1.54) is 141 Å². The zero-order valence-electron chi connectivity index (χ0n) is 26.4. The third-order valence-corrected chi connectivity index (χ3v) is 7.00. The van der Waals surface area contributed by atoms with Gasteiger partial charge >= 0.3 is 0 Å². The molecule has 0 amide bonds. The van der Waals surface area contributed by atoms with Crippen molar-refractivity contribution in [3.8, 4) is 0 Å². The molecule has 0 heterocycles. The van der Waals surface area contributed by atoms with Crippen LogP contribution in [-0.4, -0.2) is 46.3 Å². The second-order valence-electron chi connectivity index (χ2n) is 10.3. The minimum Gasteiger partial charge on any atom is -0.483 e. The maximum absolute atomic E-state index is 8.36. The lowest BCUT2D eigenvalue weighted by molar-refractivity contribution is -0.123. The first kappa shape index (κ1) is 47.7. The van der Waals surface area contributed by atoms with Crippen LogP contribution in [0.1, 0.15) is 169 Å². The molecule has 0 radical (unpaired) electrons. The monoisotopic (exact) mass is 578 g/mol. The molecule has 0 aliphatic carbocycles. The molecule has 0 aliphatic heterocycles. The van der Waals surface area contributed by atoms with Crippen LogP contribution in [0.5, 0.6) is 0 Å². The van der Waals surface area contributed by atoms with E-state index in [9.17, 15) is 0 Å². The Bertz CT molecular complexity index is 395. The van der Waals surface area contributed by atoms with E-state index in [0.717, 1.165) is 11.8 Å². The van der Waals surface area contributed by atoms with Gasteiger partial charge in [-0.05, 0) is 11.8 Å². The third kappa shape index (κ3) is 65.2. The molecule has 0 rings (SSSR count). The first-order chi connectivity index (χ1) is 19.4. The standard InChI is InChI=1S/C28H58.4CH2O2/c1-5-7-9-11-13-15-17-19-21-23-25-27(3)28(4)26-24-22-20-18-16-14-12-10-8-6-2;4*2-1-3/h27-28H,5-26H2,1-4H3;4*1H,(H,2,3). The normalized spacial score (nSPS) is 10.8. The van der Waals surface area contributed by atoms with Gasteiger partial charge in [0.05, 0.1) is 0 Å². The molecule has 0 aliphatic rings. The van der Waals surface area contributed by atoms with Crippen LogP contribution in [0.3, 0.4) is 0 Å². The van der Waals surface area contributed by atoms with Crippen LogP contribution in [0.2, 0.25) is 0 Å². The van der Waals surface area contributed by atoms with Crippen molar-refractivity contribution >= 4 is 25.9 Å². The Labute approximate surface area is 246 Å². The van der Waals surface area contributed by atoms with Crippen LogP contribution in [-0.2, 0) is 19.2 Å². The average Bonchev–Trinajstić information content (AvgIpc) is 2.92. The van der Waals surface area contributed by atoms with E-state index < -0.39 is 0 Å². The van der Waals surface area contributed by atoms with E-state index in [2.05, 4.69) is 27.7 Å². The Hall–Kier alpha value is -2.12. The molecule has 0 saturated carbocycles. The first-order valence-electron chi connectivity index (χ1n) is 15.7. The number of hydrogen-bond acceptors (Lipinski definition) is 4. The molecule has 8 heteroatoms. The van der Waals surface area contributed by atoms with Crippen LogP contribution in [0, 0.1) is 11.8 Å². The molecule has 0 aromatic carbocycles. The summed E-state index contributed by atoms with van der Waals surface area (Å²) in [6.07, 6.45) is 32.2. The van der Waals surface area contributed by atoms with Gasteiger partial charge in [-0.25, -0.2) is 0 Å². The molecule has 0 saturated heterocycles. The molecule has 2 unspecified atom stereocenters. The Morgan fingerprint density at radius 3 is 0.700 bits per heavy atom. The highest BCUT2D eigenvalue weighted by Crippen LogP contribution is 2.24. The van der Waals surface area contributed by atoms with E-state index in [1.807, 2.05) is 0 Å². The van der Waals surface area contributed by atoms with Crippen molar-refractivity contribution in [2.24, 2.45) is 11.8 Å². The van der Waals surface area contributed by atoms with Crippen molar-refractivity contribution in [3.63, 3.8) is 0 Å². The minimum absolute atomic E-state index is 0.250. The molecule has 0 spiro atoms. The minimum atomic E-state index is -0.250. The van der Waals surface area contributed by atoms with Crippen molar-refractivity contribution in [2.45, 2.75) is 169 Å². The van der Waals surface area contributed by atoms with Crippen molar-refractivity contribution in [1.29, 1.82) is 0 Å². The number of rotatable bonds is 23. The molecule has 0 aromatic rings. The molecular weight excluding hydrogens is 512 g/mol. The fourth-order valence-electron chi connectivity index (χ4n) is 4.48. The summed E-state index contributed by atoms with van der Waals surface area (Å²) in [6, 6.07) is 0. The molecule has 242 valence electrons. The lowest BCUT2D eigenvalue weighted by atomic mass is 9.86. The molecule has 0 fully saturated rings. The Balaban J connectivity index is -0.000000288. The highest BCUT2D eigenvalue weighted by Gasteiger charge is 2.11. The van der Waals surface area contributed by atoms with Gasteiger partial charge in [-0.1, -0.05) is 169 Å². The fraction of sp³-hybridized carbons (Fsp3) is 0.875. The highest BCUT2D eigenvalue weighted by molar-refractivity contribution is 5.33. The smallest absolute Gasteiger partial charge is 0.290 e. The van der Waals surface area contributed by atoms with Gasteiger partial charge in [0.1, 0.15) is 0 Å². The summed E-state index contributed by atoms with van der Waals surface area (Å²) in [4.78, 5) is 33.4. The van der Waals surface area contributed by atoms with Crippen LogP contribution in [0.15, 0.2) is 0 Å². The average molecular weight is 579 g/mol. The zero-order chi connectivity index (χ0) is 31.5. The van der Waals surface area contributed by atoms with Gasteiger partial charge in [-0.3, -0.25) is 19.2 Å². The zero-order valence-corrected chi connectivity index (χ0v) is 26.4. The second kappa shape index (κ2) is 53.2. The number of carbonyl (C=O) groups is 4. The molecular formula is C32H66O8. The molecule has 0 bridgehead atoms. The van der Waals surface area contributed by atoms with Crippen LogP contribution < -0.4 is 0 Å². The summed E-state index contributed by atoms with van der Waals surface area (Å²) in [7, 11) is 0. The van der Waals surface area contributed by atoms with Crippen molar-refractivity contribution < 1.29 is 39.6 Å². The Morgan fingerprint density at radius 1 is 0.375 bits per heavy atom. The quantitative estimate of drug-likeness (QED) is 0.0691. The van der Waals surface area contributed by atoms with Gasteiger partial charge in [0.25, 0.3) is 25.9 Å². The molecule has 0 aromatic heterocycles. The lowest BCUT2D eigenvalue weighted by Crippen LogP contribution is -2.08. The lowest BCUT2D eigenvalue weighted by Gasteiger charge is -2.19. The number of carboxylic acid groups (broad SMARTS) is 4. The van der Waals surface area contributed by atoms with Crippen LogP contribution in [0.25, 0.3) is 0 Å². The van der Waals surface area contributed by atoms with Crippen molar-refractivity contribution in [1.82, 2.24) is 0 Å². The summed E-state index contributed by atoms with van der Waals surface area (Å²) in [5, 5.41) is 27.6. The number of unbranched alkanes of at least 4 members (excludes halogenated alkanes) is 18. The fourth-order valence-corrected chi connectivity index (χ4v) is 4.48. The predicted molar refractivity (Wildman–Crippen MR) is 166 cm³/mol. The van der Waals surface area contributed by atoms with Crippen molar-refractivity contribution in [2.75, 3.05) is 0 Å². The van der Waals surface area contributed by atoms with E-state index >= 15 is 0 Å². The maximum Gasteiger partial charge on any atom is 0.290 e. The summed E-state index contributed by atoms with van der Waals surface area (Å²) in [5.74, 6) is 1.88. The summed E-state index contributed by atoms with van der Waals surface area (Å²) in [6.45, 7) is 8.63. The Kier molecular flexibility index (Phi) is 63.4. The van der Waals surface area contributed by atoms with E-state index in [1.54, 1.807) is 0 Å². The van der Waals surface area contributed by atoms with Crippen LogP contribution >= 0.6 is 0 Å². The topological polar surface area (TPSA) is 149 Å². The van der Waals surface area contributed by atoms with Gasteiger partial charge in [0, 0.05) is 0 Å². The van der Waals surface area contributed by atoms with E-state index in [4.69, 9.17) is 39.6 Å². The largest absolute Gasteiger partial charge is 0.483 e. The second-order valence-corrected chi connectivity index (χ2v) is 10.3. The van der Waals surface area contributed by atoms with E-state index in [0.29, 0.717) is 0 Å². The molecule has 40 heavy (non-hydrogen) atoms. The van der Waals surface area contributed by atoms with Gasteiger partial charge < -0.3 is 20.4 Å².